The Balaban J connectivity index is 2.30. The van der Waals surface area contributed by atoms with Crippen LogP contribution in [0, 0.1) is 0 Å². The lowest BCUT2D eigenvalue weighted by Crippen LogP contribution is -1.45. The van der Waals surface area contributed by atoms with Crippen LogP contribution in [0.25, 0.3) is 0 Å². The Bertz CT molecular complexity index is 17.2. The van der Waals surface area contributed by atoms with Gasteiger partial charge in [-0.1, -0.05) is 0 Å². The summed E-state index contributed by atoms with van der Waals surface area (Å²) in [5, 5.41) is 7.05. The predicted octanol–water partition coefficient (Wildman–Crippen LogP) is 0.683. The first kappa shape index (κ1) is 4.02. The average Bonchev–Trinajstić information content (AvgIpc) is 1.37. The lowest BCUT2D eigenvalue weighted by Gasteiger charge is -1.55. The predicted molar refractivity (Wildman–Crippen MR) is 11.3 cm³/mol. The van der Waals surface area contributed by atoms with Crippen molar-refractivity contribution in [2.24, 2.45) is 0 Å². The first-order chi connectivity index (χ1) is 1.91. The molecule has 0 aliphatic rings. The first-order valence-corrected chi connectivity index (χ1v) is 1.28. The minimum atomic E-state index is -0.696. The molecule has 0 aromatic rings. The molecule has 1 N–H and O–H groups in total. The van der Waals surface area contributed by atoms with Crippen LogP contribution in [-0.2, 0) is 9.24 Å². The summed E-state index contributed by atoms with van der Waals surface area (Å²) in [6, 6.07) is 0. The fraction of sp³-hybridized carbons (Fsp3) is 0. The van der Waals surface area contributed by atoms with E-state index in [-0.39, 0.29) is 0 Å². The van der Waals surface area contributed by atoms with Crippen LogP contribution in [0.4, 0.5) is 0 Å². The lowest BCUT2D eigenvalue weighted by atomic mass is 15.0. The molecule has 0 bridgehead atoms. The van der Waals surface area contributed by atoms with Crippen LogP contribution in [0.15, 0.2) is 0 Å². The van der Waals surface area contributed by atoms with Crippen molar-refractivity contribution in [2.75, 3.05) is 0 Å². The van der Waals surface area contributed by atoms with Gasteiger partial charge in [0.1, 0.15) is 0 Å². The van der Waals surface area contributed by atoms with Crippen LogP contribution in [0.2, 0.25) is 0 Å². The second kappa shape index (κ2) is 3.02. The van der Waals surface area contributed by atoms with Crippen molar-refractivity contribution >= 4 is 8.69 Å². The largest absolute Gasteiger partial charge is 0.358 e. The van der Waals surface area contributed by atoms with Crippen molar-refractivity contribution in [1.29, 1.82) is 0 Å². The van der Waals surface area contributed by atoms with E-state index in [9.17, 15) is 0 Å². The smallest absolute Gasteiger partial charge is 0.240 e. The number of hydrogen-bond acceptors (Lipinski definition) is 3. The molecule has 0 saturated heterocycles. The van der Waals surface area contributed by atoms with Crippen LogP contribution in [0.5, 0.6) is 0 Å². The van der Waals surface area contributed by atoms with Crippen LogP contribution < -0.4 is 0 Å². The van der Waals surface area contributed by atoms with E-state index in [0.29, 0.717) is 0 Å². The molecule has 24 valence electrons. The third-order valence-corrected chi connectivity index (χ3v) is 0.100. The molecular weight excluding hydrogens is 79.0 g/mol. The Morgan fingerprint density at radius 1 is 2.00 bits per heavy atom. The van der Waals surface area contributed by atoms with Crippen LogP contribution in [-0.4, -0.2) is 5.26 Å². The molecule has 0 amide bonds. The minimum absolute atomic E-state index is 0.696. The summed E-state index contributed by atoms with van der Waals surface area (Å²) < 4.78 is 11.8. The summed E-state index contributed by atoms with van der Waals surface area (Å²) in [7, 11) is -0.696. The Labute approximate surface area is 24.4 Å². The fourth-order valence-electron chi connectivity index (χ4n) is 0. The zero-order valence-electron chi connectivity index (χ0n) is 1.71. The summed E-state index contributed by atoms with van der Waals surface area (Å²) in [6.07, 6.45) is 0. The molecule has 0 aliphatic carbocycles. The van der Waals surface area contributed by atoms with Crippen molar-refractivity contribution in [2.45, 2.75) is 0 Å². The lowest BCUT2D eigenvalue weighted by molar-refractivity contribution is -0.125. The van der Waals surface area contributed by atoms with E-state index in [1.165, 1.54) is 0 Å². The minimum Gasteiger partial charge on any atom is -0.240 e. The molecule has 4 heteroatoms. The molecule has 0 spiro atoms. The maximum absolute atomic E-state index is 8.80. The molecule has 0 rings (SSSR count). The van der Waals surface area contributed by atoms with E-state index in [1.807, 2.05) is 0 Å². The summed E-state index contributed by atoms with van der Waals surface area (Å²) in [4.78, 5) is 0. The average molecular weight is 80.0 g/mol. The summed E-state index contributed by atoms with van der Waals surface area (Å²) >= 11 is 0. The SMILES string of the molecule is O=POO. The highest BCUT2D eigenvalue weighted by Crippen LogP contribution is 1.82. The summed E-state index contributed by atoms with van der Waals surface area (Å²) in [5.74, 6) is 0. The zero-order valence-corrected chi connectivity index (χ0v) is 2.61. The fourth-order valence-corrected chi connectivity index (χ4v) is 0. The Hall–Kier alpha value is 0.0200. The van der Waals surface area contributed by atoms with Gasteiger partial charge >= 0.3 is 8.69 Å². The van der Waals surface area contributed by atoms with Crippen LogP contribution >= 0.6 is 8.69 Å². The van der Waals surface area contributed by atoms with Gasteiger partial charge in [-0.05, 0) is 0 Å². The van der Waals surface area contributed by atoms with Gasteiger partial charge in [-0.3, -0.25) is 0 Å². The van der Waals surface area contributed by atoms with E-state index in [1.54, 1.807) is 0 Å². The van der Waals surface area contributed by atoms with E-state index in [2.05, 4.69) is 4.67 Å². The van der Waals surface area contributed by atoms with Crippen molar-refractivity contribution in [3.8, 4) is 0 Å². The summed E-state index contributed by atoms with van der Waals surface area (Å²) in [5.41, 5.74) is 0. The molecule has 3 nitrogen and oxygen atoms in total. The maximum atomic E-state index is 8.80. The third kappa shape index (κ3) is 2.02. The highest BCUT2D eigenvalue weighted by Gasteiger charge is 1.54. The maximum Gasteiger partial charge on any atom is 0.358 e. The molecule has 0 heterocycles. The first-order valence-electron chi connectivity index (χ1n) is 0.548. The van der Waals surface area contributed by atoms with Gasteiger partial charge in [-0.15, -0.1) is 4.67 Å². The van der Waals surface area contributed by atoms with Gasteiger partial charge in [0.2, 0.25) is 0 Å². The topological polar surface area (TPSA) is 46.5 Å². The second-order valence-electron chi connectivity index (χ2n) is 0.156. The van der Waals surface area contributed by atoms with Gasteiger partial charge in [0.15, 0.2) is 0 Å². The quantitative estimate of drug-likeness (QED) is 0.286. The summed E-state index contributed by atoms with van der Waals surface area (Å²) in [6.45, 7) is 0. The molecule has 0 atom stereocenters. The Morgan fingerprint density at radius 2 is 2.25 bits per heavy atom. The molecule has 0 aromatic carbocycles. The van der Waals surface area contributed by atoms with Crippen molar-refractivity contribution in [3.63, 3.8) is 0 Å². The number of rotatable bonds is 1. The molecule has 0 aliphatic heterocycles. The second-order valence-corrected chi connectivity index (χ2v) is 0.469. The van der Waals surface area contributed by atoms with Gasteiger partial charge in [-0.2, -0.15) is 0 Å². The zero-order chi connectivity index (χ0) is 3.41. The monoisotopic (exact) mass is 80.0 g/mol. The van der Waals surface area contributed by atoms with Gasteiger partial charge in [0, 0.05) is 0 Å². The van der Waals surface area contributed by atoms with Crippen LogP contribution in [0.3, 0.4) is 0 Å². The highest BCUT2D eigenvalue weighted by atomic mass is 31.1. The Kier molecular flexibility index (Phi) is 3.04. The van der Waals surface area contributed by atoms with Gasteiger partial charge in [0.25, 0.3) is 0 Å². The molecule has 0 saturated carbocycles. The Morgan fingerprint density at radius 3 is 2.25 bits per heavy atom. The number of hydrogen-bond donors (Lipinski definition) is 1. The highest BCUT2D eigenvalue weighted by molar-refractivity contribution is 7.17. The van der Waals surface area contributed by atoms with Gasteiger partial charge in [0.05, 0.1) is 0 Å². The molecule has 4 heavy (non-hydrogen) atoms. The van der Waals surface area contributed by atoms with Crippen molar-refractivity contribution in [1.82, 2.24) is 0 Å². The molecule has 0 aromatic heterocycles. The molecule has 0 fully saturated rings. The van der Waals surface area contributed by atoms with Gasteiger partial charge in [-0.25, -0.2) is 9.82 Å². The van der Waals surface area contributed by atoms with E-state index >= 15 is 0 Å². The molecule has 0 unspecified atom stereocenters. The van der Waals surface area contributed by atoms with Gasteiger partial charge < -0.3 is 0 Å². The van der Waals surface area contributed by atoms with E-state index < -0.39 is 8.69 Å². The standard InChI is InChI=1S/HO3P/c1-3-4-2/h1H. The molecular formula is HO3P. The van der Waals surface area contributed by atoms with Crippen molar-refractivity contribution in [3.05, 3.63) is 0 Å². The third-order valence-electron chi connectivity index (χ3n) is 0.0333. The molecule has 0 radical (unpaired) electrons. The van der Waals surface area contributed by atoms with Crippen LogP contribution in [0.1, 0.15) is 0 Å². The van der Waals surface area contributed by atoms with E-state index in [4.69, 9.17) is 9.82 Å². The van der Waals surface area contributed by atoms with Crippen molar-refractivity contribution < 1.29 is 14.5 Å². The normalized spacial score (nSPS) is 8.25. The van der Waals surface area contributed by atoms with E-state index in [0.717, 1.165) is 0 Å².